The Hall–Kier alpha value is -4.10. The Morgan fingerprint density at radius 3 is 2.32 bits per heavy atom. The molecule has 0 bridgehead atoms. The van der Waals surface area contributed by atoms with Gasteiger partial charge in [-0.2, -0.15) is 0 Å². The minimum atomic E-state index is -0.241. The first-order chi connectivity index (χ1) is 24.3. The van der Waals surface area contributed by atoms with Crippen LogP contribution in [0.15, 0.2) is 97.3 Å². The number of rotatable bonds is 22. The van der Waals surface area contributed by atoms with E-state index in [0.717, 1.165) is 95.4 Å². The van der Waals surface area contributed by atoms with Gasteiger partial charge in [0.05, 0.1) is 6.04 Å². The molecular weight excluding hydrogens is 619 g/mol. The highest BCUT2D eigenvalue weighted by atomic mass is 16.2. The van der Waals surface area contributed by atoms with Crippen molar-refractivity contribution in [1.29, 1.82) is 0 Å². The summed E-state index contributed by atoms with van der Waals surface area (Å²) in [5, 5.41) is 15.8. The van der Waals surface area contributed by atoms with Crippen LogP contribution >= 0.6 is 0 Å². The molecule has 3 aromatic carbocycles. The molecule has 0 radical (unpaired) electrons. The molecule has 4 N–H and O–H groups in total. The normalized spacial score (nSPS) is 15.6. The van der Waals surface area contributed by atoms with Gasteiger partial charge in [0, 0.05) is 37.6 Å². The van der Waals surface area contributed by atoms with Crippen LogP contribution in [0.3, 0.4) is 0 Å². The van der Waals surface area contributed by atoms with Gasteiger partial charge in [0.1, 0.15) is 6.04 Å². The lowest BCUT2D eigenvalue weighted by atomic mass is 9.90. The first-order valence-corrected chi connectivity index (χ1v) is 19.0. The minimum Gasteiger partial charge on any atom is -0.389 e. The molecule has 0 aliphatic carbocycles. The number of benzene rings is 3. The molecule has 1 heterocycles. The van der Waals surface area contributed by atoms with Crippen LogP contribution < -0.4 is 21.3 Å². The van der Waals surface area contributed by atoms with E-state index in [1.807, 2.05) is 13.8 Å². The van der Waals surface area contributed by atoms with Crippen molar-refractivity contribution in [2.45, 2.75) is 96.6 Å². The number of nitrogens with one attached hydrogen (secondary N) is 4. The standard InChI is InChI=1S/C43H61N5O2/c1-5-40(47-33(2)3)42(49)46-27-13-7-8-17-34(4)44-25-14-15-26-45-41(31-36-23-24-38-21-11-12-22-39(38)30-36)43(50)48-28-16-20-37(32-48)29-35-18-9-6-10-19-35/h6,9-12,18-19,21-24,30,37,40-41,44-45,47H,2,4-5,7-8,13-17,20,25-29,31-32H2,1,3H3,(H,46,49). The average molecular weight is 680 g/mol. The molecule has 7 heteroatoms. The number of likely N-dealkylation sites (tertiary alicyclic amines) is 1. The van der Waals surface area contributed by atoms with Crippen molar-refractivity contribution in [3.63, 3.8) is 0 Å². The van der Waals surface area contributed by atoms with E-state index in [1.165, 1.54) is 28.3 Å². The Morgan fingerprint density at radius 2 is 1.54 bits per heavy atom. The largest absolute Gasteiger partial charge is 0.389 e. The topological polar surface area (TPSA) is 85.5 Å². The lowest BCUT2D eigenvalue weighted by molar-refractivity contribution is -0.135. The molecule has 0 aromatic heterocycles. The number of fused-ring (bicyclic) bond motifs is 1. The Labute approximate surface area is 301 Å². The zero-order chi connectivity index (χ0) is 35.6. The van der Waals surface area contributed by atoms with Gasteiger partial charge in [-0.25, -0.2) is 0 Å². The molecule has 1 aliphatic rings. The van der Waals surface area contributed by atoms with Crippen LogP contribution in [0.25, 0.3) is 10.8 Å². The summed E-state index contributed by atoms with van der Waals surface area (Å²) in [4.78, 5) is 28.5. The average Bonchev–Trinajstić information content (AvgIpc) is 3.12. The quantitative estimate of drug-likeness (QED) is 0.0839. The van der Waals surface area contributed by atoms with Crippen molar-refractivity contribution < 1.29 is 9.59 Å². The maximum atomic E-state index is 14.1. The number of hydrogen-bond acceptors (Lipinski definition) is 5. The molecule has 2 amide bonds. The number of carbonyl (C=O) groups excluding carboxylic acids is 2. The molecule has 4 rings (SSSR count). The zero-order valence-corrected chi connectivity index (χ0v) is 30.7. The van der Waals surface area contributed by atoms with Gasteiger partial charge in [-0.1, -0.05) is 99.3 Å². The molecular formula is C43H61N5O2. The molecule has 1 fully saturated rings. The van der Waals surface area contributed by atoms with E-state index < -0.39 is 0 Å². The summed E-state index contributed by atoms with van der Waals surface area (Å²) in [6, 6.07) is 25.2. The van der Waals surface area contributed by atoms with E-state index in [4.69, 9.17) is 0 Å². The van der Waals surface area contributed by atoms with Crippen molar-refractivity contribution in [2.24, 2.45) is 5.92 Å². The van der Waals surface area contributed by atoms with Gasteiger partial charge in [-0.05, 0) is 105 Å². The van der Waals surface area contributed by atoms with Crippen molar-refractivity contribution in [3.8, 4) is 0 Å². The maximum Gasteiger partial charge on any atom is 0.242 e. The van der Waals surface area contributed by atoms with Crippen LogP contribution in [0.2, 0.25) is 0 Å². The number of amides is 2. The van der Waals surface area contributed by atoms with E-state index in [0.29, 0.717) is 18.9 Å². The van der Waals surface area contributed by atoms with Crippen LogP contribution in [0, 0.1) is 5.92 Å². The molecule has 1 saturated heterocycles. The van der Waals surface area contributed by atoms with Gasteiger partial charge >= 0.3 is 0 Å². The van der Waals surface area contributed by atoms with E-state index >= 15 is 0 Å². The Balaban J connectivity index is 1.18. The fourth-order valence-corrected chi connectivity index (χ4v) is 6.95. The van der Waals surface area contributed by atoms with Gasteiger partial charge in [0.2, 0.25) is 11.8 Å². The molecule has 3 aromatic rings. The third-order valence-electron chi connectivity index (χ3n) is 9.72. The number of unbranched alkanes of at least 4 members (excludes halogenated alkanes) is 3. The van der Waals surface area contributed by atoms with E-state index in [9.17, 15) is 9.59 Å². The van der Waals surface area contributed by atoms with Crippen molar-refractivity contribution in [1.82, 2.24) is 26.2 Å². The number of piperidine rings is 1. The SMILES string of the molecule is C=C(C)NC(CC)C(=O)NCCCCCC(=C)NCCCCNC(Cc1ccc2ccccc2c1)C(=O)N1CCCC(Cc2ccccc2)C1. The molecule has 270 valence electrons. The Kier molecular flexibility index (Phi) is 16.4. The number of nitrogens with zero attached hydrogens (tertiary/aromatic N) is 1. The molecule has 3 atom stereocenters. The van der Waals surface area contributed by atoms with Gasteiger partial charge in [-0.15, -0.1) is 0 Å². The predicted octanol–water partition coefficient (Wildman–Crippen LogP) is 7.28. The Morgan fingerprint density at radius 1 is 0.820 bits per heavy atom. The number of hydrogen-bond donors (Lipinski definition) is 4. The van der Waals surface area contributed by atoms with Gasteiger partial charge in [-0.3, -0.25) is 9.59 Å². The monoisotopic (exact) mass is 679 g/mol. The predicted molar refractivity (Wildman–Crippen MR) is 209 cm³/mol. The second-order valence-corrected chi connectivity index (χ2v) is 14.1. The first kappa shape index (κ1) is 38.7. The molecule has 0 saturated carbocycles. The van der Waals surface area contributed by atoms with E-state index in [1.54, 1.807) is 0 Å². The molecule has 1 aliphatic heterocycles. The van der Waals surface area contributed by atoms with Crippen LogP contribution in [0.5, 0.6) is 0 Å². The van der Waals surface area contributed by atoms with Crippen molar-refractivity contribution in [2.75, 3.05) is 32.7 Å². The molecule has 3 unspecified atom stereocenters. The van der Waals surface area contributed by atoms with Crippen LogP contribution in [0.4, 0.5) is 0 Å². The lowest BCUT2D eigenvalue weighted by Gasteiger charge is -2.35. The zero-order valence-electron chi connectivity index (χ0n) is 30.7. The molecule has 50 heavy (non-hydrogen) atoms. The third-order valence-corrected chi connectivity index (χ3v) is 9.72. The van der Waals surface area contributed by atoms with Crippen LogP contribution in [-0.4, -0.2) is 61.5 Å². The fourth-order valence-electron chi connectivity index (χ4n) is 6.95. The van der Waals surface area contributed by atoms with E-state index in [-0.39, 0.29) is 23.9 Å². The van der Waals surface area contributed by atoms with Crippen molar-refractivity contribution in [3.05, 3.63) is 108 Å². The summed E-state index contributed by atoms with van der Waals surface area (Å²) in [5.74, 6) is 0.773. The second kappa shape index (κ2) is 21.2. The van der Waals surface area contributed by atoms with Gasteiger partial charge in [0.25, 0.3) is 0 Å². The highest BCUT2D eigenvalue weighted by Crippen LogP contribution is 2.23. The smallest absolute Gasteiger partial charge is 0.242 e. The summed E-state index contributed by atoms with van der Waals surface area (Å²) >= 11 is 0. The van der Waals surface area contributed by atoms with Crippen LogP contribution in [-0.2, 0) is 22.4 Å². The Bertz CT molecular complexity index is 1510. The van der Waals surface area contributed by atoms with Gasteiger partial charge < -0.3 is 26.2 Å². The summed E-state index contributed by atoms with van der Waals surface area (Å²) in [7, 11) is 0. The van der Waals surface area contributed by atoms with Crippen LogP contribution in [0.1, 0.15) is 82.8 Å². The number of allylic oxidation sites excluding steroid dienone is 2. The minimum absolute atomic E-state index is 0.0411. The maximum absolute atomic E-state index is 14.1. The summed E-state index contributed by atoms with van der Waals surface area (Å²) in [6.07, 6.45) is 10.7. The fraction of sp³-hybridized carbons (Fsp3) is 0.488. The molecule has 0 spiro atoms. The summed E-state index contributed by atoms with van der Waals surface area (Å²) in [5.41, 5.74) is 4.43. The summed E-state index contributed by atoms with van der Waals surface area (Å²) in [6.45, 7) is 16.0. The highest BCUT2D eigenvalue weighted by molar-refractivity contribution is 5.85. The first-order valence-electron chi connectivity index (χ1n) is 19.0. The number of carbonyl (C=O) groups is 2. The molecule has 7 nitrogen and oxygen atoms in total. The summed E-state index contributed by atoms with van der Waals surface area (Å²) < 4.78 is 0. The second-order valence-electron chi connectivity index (χ2n) is 14.1. The van der Waals surface area contributed by atoms with E-state index in [2.05, 4.69) is 112 Å². The lowest BCUT2D eigenvalue weighted by Crippen LogP contribution is -2.51. The van der Waals surface area contributed by atoms with Crippen molar-refractivity contribution >= 4 is 22.6 Å². The van der Waals surface area contributed by atoms with Gasteiger partial charge in [0.15, 0.2) is 0 Å². The third kappa shape index (κ3) is 13.3. The highest BCUT2D eigenvalue weighted by Gasteiger charge is 2.29.